The minimum absolute atomic E-state index is 0.0590. The molecule has 1 aliphatic rings. The van der Waals surface area contributed by atoms with Crippen molar-refractivity contribution in [1.82, 2.24) is 15.5 Å². The van der Waals surface area contributed by atoms with Crippen LogP contribution in [0.3, 0.4) is 0 Å². The minimum Gasteiger partial charge on any atom is -0.481 e. The van der Waals surface area contributed by atoms with Crippen molar-refractivity contribution >= 4 is 17.8 Å². The molecule has 2 amide bonds. The van der Waals surface area contributed by atoms with Gasteiger partial charge in [0.15, 0.2) is 0 Å². The van der Waals surface area contributed by atoms with Gasteiger partial charge in [0.05, 0.1) is 6.42 Å². The highest BCUT2D eigenvalue weighted by atomic mass is 16.4. The van der Waals surface area contributed by atoms with Crippen LogP contribution in [0.5, 0.6) is 0 Å². The fraction of sp³-hybridized carbons (Fsp3) is 0.438. The average Bonchev–Trinajstić information content (AvgIpc) is 2.83. The van der Waals surface area contributed by atoms with Crippen molar-refractivity contribution in [2.75, 3.05) is 26.7 Å². The molecule has 23 heavy (non-hydrogen) atoms. The lowest BCUT2D eigenvalue weighted by atomic mass is 10.1. The van der Waals surface area contributed by atoms with E-state index in [-0.39, 0.29) is 24.8 Å². The minimum atomic E-state index is -0.966. The van der Waals surface area contributed by atoms with E-state index in [0.717, 1.165) is 18.5 Å². The summed E-state index contributed by atoms with van der Waals surface area (Å²) in [5, 5.41) is 14.2. The number of aliphatic carboxylic acids is 1. The third-order valence-corrected chi connectivity index (χ3v) is 3.73. The van der Waals surface area contributed by atoms with Gasteiger partial charge in [0.1, 0.15) is 0 Å². The molecule has 7 heteroatoms. The van der Waals surface area contributed by atoms with Crippen LogP contribution in [0.1, 0.15) is 39.1 Å². The number of hydrogen-bond donors (Lipinski definition) is 3. The Hall–Kier alpha value is -2.41. The van der Waals surface area contributed by atoms with Crippen LogP contribution in [-0.2, 0) is 11.3 Å². The highest BCUT2D eigenvalue weighted by Gasteiger charge is 2.27. The summed E-state index contributed by atoms with van der Waals surface area (Å²) in [4.78, 5) is 36.6. The van der Waals surface area contributed by atoms with Crippen LogP contribution in [-0.4, -0.2) is 54.5 Å². The van der Waals surface area contributed by atoms with E-state index in [1.165, 1.54) is 0 Å². The Balaban J connectivity index is 2.00. The van der Waals surface area contributed by atoms with Gasteiger partial charge in [-0.25, -0.2) is 0 Å². The number of carbonyl (C=O) groups is 3. The molecule has 124 valence electrons. The lowest BCUT2D eigenvalue weighted by Crippen LogP contribution is -2.27. The zero-order chi connectivity index (χ0) is 16.8. The van der Waals surface area contributed by atoms with Gasteiger partial charge in [-0.15, -0.1) is 0 Å². The Morgan fingerprint density at radius 1 is 1.30 bits per heavy atom. The van der Waals surface area contributed by atoms with Crippen molar-refractivity contribution in [1.29, 1.82) is 0 Å². The van der Waals surface area contributed by atoms with Gasteiger partial charge in [-0.2, -0.15) is 0 Å². The number of amides is 2. The molecular weight excluding hydrogens is 298 g/mol. The largest absolute Gasteiger partial charge is 0.481 e. The van der Waals surface area contributed by atoms with Gasteiger partial charge >= 0.3 is 5.97 Å². The number of rotatable bonds is 8. The first kappa shape index (κ1) is 17.0. The van der Waals surface area contributed by atoms with Crippen LogP contribution in [0, 0.1) is 0 Å². The Morgan fingerprint density at radius 2 is 2.09 bits per heavy atom. The maximum Gasteiger partial charge on any atom is 0.305 e. The number of hydrogen-bond acceptors (Lipinski definition) is 4. The summed E-state index contributed by atoms with van der Waals surface area (Å²) >= 11 is 0. The second-order valence-electron chi connectivity index (χ2n) is 5.46. The molecule has 0 radical (unpaired) electrons. The molecular formula is C16H21N3O4. The molecule has 1 aromatic carbocycles. The van der Waals surface area contributed by atoms with Gasteiger partial charge in [0.25, 0.3) is 11.8 Å². The molecule has 2 rings (SSSR count). The van der Waals surface area contributed by atoms with Crippen molar-refractivity contribution in [2.24, 2.45) is 0 Å². The number of carboxylic acid groups (broad SMARTS) is 1. The predicted molar refractivity (Wildman–Crippen MR) is 84.3 cm³/mol. The molecule has 0 atom stereocenters. The van der Waals surface area contributed by atoms with E-state index in [1.54, 1.807) is 23.1 Å². The highest BCUT2D eigenvalue weighted by Crippen LogP contribution is 2.24. The van der Waals surface area contributed by atoms with E-state index in [4.69, 9.17) is 5.11 Å². The van der Waals surface area contributed by atoms with Gasteiger partial charge in [-0.3, -0.25) is 14.4 Å². The summed E-state index contributed by atoms with van der Waals surface area (Å²) in [6.07, 6.45) is 0.744. The fourth-order valence-corrected chi connectivity index (χ4v) is 2.51. The van der Waals surface area contributed by atoms with Crippen molar-refractivity contribution in [3.63, 3.8) is 0 Å². The lowest BCUT2D eigenvalue weighted by Gasteiger charge is -2.14. The first-order valence-electron chi connectivity index (χ1n) is 7.59. The quantitative estimate of drug-likeness (QED) is 0.605. The second kappa shape index (κ2) is 7.73. The van der Waals surface area contributed by atoms with Gasteiger partial charge < -0.3 is 20.6 Å². The molecule has 0 spiro atoms. The molecule has 3 N–H and O–H groups in total. The Bertz CT molecular complexity index is 615. The van der Waals surface area contributed by atoms with Gasteiger partial charge in [-0.1, -0.05) is 6.07 Å². The zero-order valence-corrected chi connectivity index (χ0v) is 13.1. The summed E-state index contributed by atoms with van der Waals surface area (Å²) in [5.74, 6) is -1.39. The molecule has 0 bridgehead atoms. The SMILES string of the molecule is CNCCCN1Cc2ccc(C(=O)NCCC(=O)O)cc2C1=O. The molecule has 1 aromatic rings. The molecule has 1 heterocycles. The van der Waals surface area contributed by atoms with Crippen LogP contribution in [0.15, 0.2) is 18.2 Å². The van der Waals surface area contributed by atoms with Gasteiger partial charge in [0, 0.05) is 30.8 Å². The number of fused-ring (bicyclic) bond motifs is 1. The number of benzene rings is 1. The molecule has 0 aliphatic carbocycles. The van der Waals surface area contributed by atoms with Crippen molar-refractivity contribution in [3.8, 4) is 0 Å². The summed E-state index contributed by atoms with van der Waals surface area (Å²) in [7, 11) is 1.87. The third-order valence-electron chi connectivity index (χ3n) is 3.73. The number of nitrogens with one attached hydrogen (secondary N) is 2. The summed E-state index contributed by atoms with van der Waals surface area (Å²) in [6.45, 7) is 2.15. The normalized spacial score (nSPS) is 13.1. The smallest absolute Gasteiger partial charge is 0.305 e. The molecule has 1 aliphatic heterocycles. The summed E-state index contributed by atoms with van der Waals surface area (Å²) < 4.78 is 0. The van der Waals surface area contributed by atoms with E-state index in [9.17, 15) is 14.4 Å². The molecule has 0 saturated carbocycles. The van der Waals surface area contributed by atoms with E-state index in [2.05, 4.69) is 10.6 Å². The molecule has 0 saturated heterocycles. The zero-order valence-electron chi connectivity index (χ0n) is 13.1. The number of nitrogens with zero attached hydrogens (tertiary/aromatic N) is 1. The highest BCUT2D eigenvalue weighted by molar-refractivity contribution is 6.02. The number of carbonyl (C=O) groups excluding carboxylic acids is 2. The Labute approximate surface area is 134 Å². The first-order chi connectivity index (χ1) is 11.0. The van der Waals surface area contributed by atoms with Crippen molar-refractivity contribution < 1.29 is 19.5 Å². The Morgan fingerprint density at radius 3 is 2.78 bits per heavy atom. The lowest BCUT2D eigenvalue weighted by molar-refractivity contribution is -0.136. The van der Waals surface area contributed by atoms with E-state index >= 15 is 0 Å². The second-order valence-corrected chi connectivity index (χ2v) is 5.46. The summed E-state index contributed by atoms with van der Waals surface area (Å²) in [5.41, 5.74) is 1.85. The average molecular weight is 319 g/mol. The van der Waals surface area contributed by atoms with Crippen LogP contribution in [0.25, 0.3) is 0 Å². The Kier molecular flexibility index (Phi) is 5.70. The predicted octanol–water partition coefficient (Wildman–Crippen LogP) is 0.456. The van der Waals surface area contributed by atoms with E-state index in [0.29, 0.717) is 24.2 Å². The molecule has 0 fully saturated rings. The standard InChI is InChI=1S/C16H21N3O4/c1-17-6-2-8-19-10-12-4-3-11(9-13(12)16(19)23)15(22)18-7-5-14(20)21/h3-4,9,17H,2,5-8,10H2,1H3,(H,18,22)(H,20,21). The van der Waals surface area contributed by atoms with Crippen molar-refractivity contribution in [2.45, 2.75) is 19.4 Å². The van der Waals surface area contributed by atoms with Crippen molar-refractivity contribution in [3.05, 3.63) is 34.9 Å². The maximum atomic E-state index is 12.4. The topological polar surface area (TPSA) is 98.7 Å². The first-order valence-corrected chi connectivity index (χ1v) is 7.59. The monoisotopic (exact) mass is 319 g/mol. The molecule has 0 unspecified atom stereocenters. The van der Waals surface area contributed by atoms with Gasteiger partial charge in [-0.05, 0) is 37.7 Å². The number of carboxylic acids is 1. The van der Waals surface area contributed by atoms with E-state index < -0.39 is 5.97 Å². The van der Waals surface area contributed by atoms with E-state index in [1.807, 2.05) is 7.05 Å². The fourth-order valence-electron chi connectivity index (χ4n) is 2.51. The van der Waals surface area contributed by atoms with Crippen LogP contribution in [0.2, 0.25) is 0 Å². The van der Waals surface area contributed by atoms with Crippen LogP contribution >= 0.6 is 0 Å². The van der Waals surface area contributed by atoms with Crippen LogP contribution < -0.4 is 10.6 Å². The molecule has 0 aromatic heterocycles. The third kappa shape index (κ3) is 4.29. The summed E-state index contributed by atoms with van der Waals surface area (Å²) in [6, 6.07) is 5.04. The van der Waals surface area contributed by atoms with Crippen LogP contribution in [0.4, 0.5) is 0 Å². The maximum absolute atomic E-state index is 12.4. The molecule has 7 nitrogen and oxygen atoms in total. The van der Waals surface area contributed by atoms with Gasteiger partial charge in [0.2, 0.25) is 0 Å².